The van der Waals surface area contributed by atoms with Crippen LogP contribution in [-0.2, 0) is 0 Å². The molecule has 2 rings (SSSR count). The van der Waals surface area contributed by atoms with Gasteiger partial charge in [0.2, 0.25) is 0 Å². The molecule has 2 nitrogen and oxygen atoms in total. The van der Waals surface area contributed by atoms with E-state index in [0.717, 1.165) is 17.9 Å². The summed E-state index contributed by atoms with van der Waals surface area (Å²) in [6.45, 7) is 9.83. The number of hydrogen-bond acceptors (Lipinski definition) is 3. The van der Waals surface area contributed by atoms with E-state index in [2.05, 4.69) is 35.8 Å². The van der Waals surface area contributed by atoms with Crippen LogP contribution in [0.4, 0.5) is 0 Å². The van der Waals surface area contributed by atoms with E-state index in [1.165, 1.54) is 56.9 Å². The van der Waals surface area contributed by atoms with Gasteiger partial charge in [0.1, 0.15) is 0 Å². The molecule has 2 saturated heterocycles. The molecule has 0 spiro atoms. The molecule has 1 N–H and O–H groups in total. The molecule has 2 heterocycles. The topological polar surface area (TPSA) is 15.3 Å². The minimum absolute atomic E-state index is 0.728. The van der Waals surface area contributed by atoms with Crippen LogP contribution in [0.25, 0.3) is 0 Å². The van der Waals surface area contributed by atoms with Crippen LogP contribution >= 0.6 is 11.8 Å². The highest BCUT2D eigenvalue weighted by atomic mass is 32.2. The molecular formula is C14H28N2S. The molecule has 0 saturated carbocycles. The van der Waals surface area contributed by atoms with E-state index < -0.39 is 0 Å². The van der Waals surface area contributed by atoms with E-state index in [-0.39, 0.29) is 0 Å². The maximum atomic E-state index is 3.72. The van der Waals surface area contributed by atoms with Gasteiger partial charge in [-0.3, -0.25) is 0 Å². The predicted molar refractivity (Wildman–Crippen MR) is 77.7 cm³/mol. The van der Waals surface area contributed by atoms with Crippen LogP contribution < -0.4 is 5.32 Å². The smallest absolute Gasteiger partial charge is 0.0197 e. The summed E-state index contributed by atoms with van der Waals surface area (Å²) < 4.78 is 0. The standard InChI is InChI=1S/C14H28N2S/c1-12(2)8-14-10-16(6-3-5-15-14)9-13-4-7-17-11-13/h12-15H,3-11H2,1-2H3. The fourth-order valence-electron chi connectivity index (χ4n) is 3.06. The van der Waals surface area contributed by atoms with Crippen LogP contribution in [0.1, 0.15) is 33.1 Å². The average Bonchev–Trinajstić information content (AvgIpc) is 2.66. The number of thioether (sulfide) groups is 1. The third-order valence-corrected chi connectivity index (χ3v) is 5.09. The lowest BCUT2D eigenvalue weighted by Gasteiger charge is -2.27. The number of nitrogens with zero attached hydrogens (tertiary/aromatic N) is 1. The van der Waals surface area contributed by atoms with Gasteiger partial charge < -0.3 is 10.2 Å². The number of nitrogens with one attached hydrogen (secondary N) is 1. The van der Waals surface area contributed by atoms with Gasteiger partial charge in [-0.15, -0.1) is 0 Å². The second-order valence-corrected chi connectivity index (χ2v) is 7.27. The van der Waals surface area contributed by atoms with Gasteiger partial charge in [0.05, 0.1) is 0 Å². The molecule has 2 aliphatic heterocycles. The van der Waals surface area contributed by atoms with E-state index in [1.807, 2.05) is 0 Å². The molecule has 2 fully saturated rings. The first-order chi connectivity index (χ1) is 8.24. The second kappa shape index (κ2) is 7.01. The zero-order valence-electron chi connectivity index (χ0n) is 11.5. The van der Waals surface area contributed by atoms with Crippen LogP contribution in [0.2, 0.25) is 0 Å². The van der Waals surface area contributed by atoms with Gasteiger partial charge >= 0.3 is 0 Å². The first-order valence-electron chi connectivity index (χ1n) is 7.27. The third kappa shape index (κ3) is 4.80. The summed E-state index contributed by atoms with van der Waals surface area (Å²) in [7, 11) is 0. The van der Waals surface area contributed by atoms with Crippen molar-refractivity contribution in [3.8, 4) is 0 Å². The zero-order valence-corrected chi connectivity index (χ0v) is 12.3. The fourth-order valence-corrected chi connectivity index (χ4v) is 4.33. The zero-order chi connectivity index (χ0) is 12.1. The van der Waals surface area contributed by atoms with Crippen molar-refractivity contribution in [2.45, 2.75) is 39.2 Å². The van der Waals surface area contributed by atoms with Crippen LogP contribution in [-0.4, -0.2) is 48.6 Å². The second-order valence-electron chi connectivity index (χ2n) is 6.12. The Hall–Kier alpha value is 0.270. The molecule has 0 radical (unpaired) electrons. The fraction of sp³-hybridized carbons (Fsp3) is 1.00. The largest absolute Gasteiger partial charge is 0.313 e. The quantitative estimate of drug-likeness (QED) is 0.832. The predicted octanol–water partition coefficient (Wildman–Crippen LogP) is 2.45. The molecule has 0 aromatic rings. The highest BCUT2D eigenvalue weighted by Crippen LogP contribution is 2.24. The summed E-state index contributed by atoms with van der Waals surface area (Å²) in [5, 5.41) is 3.72. The number of hydrogen-bond donors (Lipinski definition) is 1. The SMILES string of the molecule is CC(C)CC1CN(CC2CCSC2)CCCN1. The Labute approximate surface area is 111 Å². The van der Waals surface area contributed by atoms with Crippen molar-refractivity contribution in [1.82, 2.24) is 10.2 Å². The van der Waals surface area contributed by atoms with E-state index in [4.69, 9.17) is 0 Å². The van der Waals surface area contributed by atoms with Gasteiger partial charge in [-0.2, -0.15) is 11.8 Å². The van der Waals surface area contributed by atoms with Crippen molar-refractivity contribution in [2.24, 2.45) is 11.8 Å². The summed E-state index contributed by atoms with van der Waals surface area (Å²) in [5.41, 5.74) is 0. The molecule has 0 amide bonds. The van der Waals surface area contributed by atoms with Crippen molar-refractivity contribution in [2.75, 3.05) is 37.7 Å². The van der Waals surface area contributed by atoms with Gasteiger partial charge in [-0.25, -0.2) is 0 Å². The molecule has 0 bridgehead atoms. The molecule has 0 aromatic carbocycles. The van der Waals surface area contributed by atoms with E-state index in [0.29, 0.717) is 0 Å². The molecule has 2 atom stereocenters. The lowest BCUT2D eigenvalue weighted by Crippen LogP contribution is -2.40. The Morgan fingerprint density at radius 2 is 2.29 bits per heavy atom. The molecule has 2 unspecified atom stereocenters. The summed E-state index contributed by atoms with van der Waals surface area (Å²) in [4.78, 5) is 2.73. The minimum Gasteiger partial charge on any atom is -0.313 e. The van der Waals surface area contributed by atoms with E-state index in [9.17, 15) is 0 Å². The Kier molecular flexibility index (Phi) is 5.64. The first kappa shape index (κ1) is 13.7. The van der Waals surface area contributed by atoms with Crippen molar-refractivity contribution in [3.05, 3.63) is 0 Å². The summed E-state index contributed by atoms with van der Waals surface area (Å²) in [5.74, 6) is 4.58. The highest BCUT2D eigenvalue weighted by molar-refractivity contribution is 7.99. The summed E-state index contributed by atoms with van der Waals surface area (Å²) >= 11 is 2.15. The Morgan fingerprint density at radius 1 is 1.41 bits per heavy atom. The molecule has 0 aliphatic carbocycles. The Bertz CT molecular complexity index is 214. The minimum atomic E-state index is 0.728. The van der Waals surface area contributed by atoms with Gasteiger partial charge in [0.25, 0.3) is 0 Å². The Morgan fingerprint density at radius 3 is 3.00 bits per heavy atom. The normalized spacial score (nSPS) is 31.9. The van der Waals surface area contributed by atoms with Crippen LogP contribution in [0.15, 0.2) is 0 Å². The first-order valence-corrected chi connectivity index (χ1v) is 8.43. The van der Waals surface area contributed by atoms with Gasteiger partial charge in [0.15, 0.2) is 0 Å². The van der Waals surface area contributed by atoms with Crippen molar-refractivity contribution in [3.63, 3.8) is 0 Å². The summed E-state index contributed by atoms with van der Waals surface area (Å²) in [6.07, 6.45) is 4.10. The summed E-state index contributed by atoms with van der Waals surface area (Å²) in [6, 6.07) is 0.728. The van der Waals surface area contributed by atoms with Crippen LogP contribution in [0, 0.1) is 11.8 Å². The van der Waals surface area contributed by atoms with Gasteiger partial charge in [-0.1, -0.05) is 13.8 Å². The van der Waals surface area contributed by atoms with Crippen molar-refractivity contribution in [1.29, 1.82) is 0 Å². The van der Waals surface area contributed by atoms with Gasteiger partial charge in [0, 0.05) is 19.1 Å². The Balaban J connectivity index is 1.79. The average molecular weight is 256 g/mol. The molecule has 17 heavy (non-hydrogen) atoms. The van der Waals surface area contributed by atoms with Gasteiger partial charge in [-0.05, 0) is 55.7 Å². The molecular weight excluding hydrogens is 228 g/mol. The van der Waals surface area contributed by atoms with Crippen molar-refractivity contribution >= 4 is 11.8 Å². The highest BCUT2D eigenvalue weighted by Gasteiger charge is 2.23. The van der Waals surface area contributed by atoms with Crippen LogP contribution in [0.3, 0.4) is 0 Å². The molecule has 0 aromatic heterocycles. The maximum Gasteiger partial charge on any atom is 0.0197 e. The van der Waals surface area contributed by atoms with Crippen LogP contribution in [0.5, 0.6) is 0 Å². The lowest BCUT2D eigenvalue weighted by atomic mass is 10.0. The molecule has 3 heteroatoms. The monoisotopic (exact) mass is 256 g/mol. The van der Waals surface area contributed by atoms with E-state index in [1.54, 1.807) is 0 Å². The van der Waals surface area contributed by atoms with Crippen molar-refractivity contribution < 1.29 is 0 Å². The molecule has 100 valence electrons. The third-order valence-electron chi connectivity index (χ3n) is 3.86. The molecule has 2 aliphatic rings. The lowest BCUT2D eigenvalue weighted by molar-refractivity contribution is 0.226. The number of rotatable bonds is 4. The maximum absolute atomic E-state index is 3.72. The van der Waals surface area contributed by atoms with E-state index >= 15 is 0 Å².